The normalized spacial score (nSPS) is 17.1. The molecule has 2 heterocycles. The highest BCUT2D eigenvalue weighted by Crippen LogP contribution is 2.33. The fraction of sp³-hybridized carbons (Fsp3) is 0.455. The molecule has 0 bridgehead atoms. The molecule has 0 saturated carbocycles. The van der Waals surface area contributed by atoms with Gasteiger partial charge in [-0.1, -0.05) is 6.07 Å². The summed E-state index contributed by atoms with van der Waals surface area (Å²) in [5.74, 6) is -2.94. The molecule has 3 rings (SSSR count). The SMILES string of the molecule is O=C(O)NCCCOCCCNC(=O)COc1cccc2c1C(=O)N(C1CCC(=O)NC1=O)C2=O. The standard InChI is InChI=1S/C22H26N4O9/c27-16-7-6-14(19(29)25-16)26-20(30)13-4-1-5-15(18(13)21(26)31)35-12-17(28)23-8-2-10-34-11-3-9-24-22(32)33/h1,4-5,14,24H,2-3,6-12H2,(H,23,28)(H,32,33)(H,25,27,29). The average molecular weight is 490 g/mol. The van der Waals surface area contributed by atoms with Crippen LogP contribution >= 0.6 is 0 Å². The van der Waals surface area contributed by atoms with Crippen LogP contribution in [-0.2, 0) is 19.1 Å². The zero-order valence-corrected chi connectivity index (χ0v) is 18.8. The number of ether oxygens (including phenoxy) is 2. The minimum Gasteiger partial charge on any atom is -0.483 e. The Morgan fingerprint density at radius 2 is 1.77 bits per heavy atom. The van der Waals surface area contributed by atoms with Crippen molar-refractivity contribution in [3.63, 3.8) is 0 Å². The number of carboxylic acid groups (broad SMARTS) is 1. The lowest BCUT2D eigenvalue weighted by Crippen LogP contribution is -2.54. The van der Waals surface area contributed by atoms with E-state index in [1.54, 1.807) is 0 Å². The zero-order chi connectivity index (χ0) is 25.4. The number of nitrogens with zero attached hydrogens (tertiary/aromatic N) is 1. The zero-order valence-electron chi connectivity index (χ0n) is 18.8. The first kappa shape index (κ1) is 25.6. The van der Waals surface area contributed by atoms with Gasteiger partial charge in [0.25, 0.3) is 17.7 Å². The van der Waals surface area contributed by atoms with Crippen LogP contribution in [0.25, 0.3) is 0 Å². The second kappa shape index (κ2) is 11.9. The van der Waals surface area contributed by atoms with E-state index in [2.05, 4.69) is 16.0 Å². The predicted octanol–water partition coefficient (Wildman–Crippen LogP) is -0.353. The molecule has 1 unspecified atom stereocenters. The van der Waals surface area contributed by atoms with E-state index in [4.69, 9.17) is 14.6 Å². The average Bonchev–Trinajstić information content (AvgIpc) is 3.07. The van der Waals surface area contributed by atoms with Crippen LogP contribution in [0.4, 0.5) is 4.79 Å². The monoisotopic (exact) mass is 490 g/mol. The first-order valence-electron chi connectivity index (χ1n) is 11.1. The number of hydrogen-bond acceptors (Lipinski definition) is 8. The van der Waals surface area contributed by atoms with E-state index in [0.717, 1.165) is 4.90 Å². The van der Waals surface area contributed by atoms with Gasteiger partial charge in [0.1, 0.15) is 11.8 Å². The number of amides is 6. The lowest BCUT2D eigenvalue weighted by molar-refractivity contribution is -0.136. The molecule has 188 valence electrons. The van der Waals surface area contributed by atoms with Crippen molar-refractivity contribution in [2.24, 2.45) is 0 Å². The maximum atomic E-state index is 13.0. The molecule has 35 heavy (non-hydrogen) atoms. The quantitative estimate of drug-likeness (QED) is 0.225. The number of carbonyl (C=O) groups excluding carboxylic acids is 5. The molecule has 1 atom stereocenters. The number of carbonyl (C=O) groups is 6. The number of piperidine rings is 1. The highest BCUT2D eigenvalue weighted by atomic mass is 16.5. The van der Waals surface area contributed by atoms with Gasteiger partial charge in [0, 0.05) is 32.7 Å². The maximum absolute atomic E-state index is 13.0. The summed E-state index contributed by atoms with van der Waals surface area (Å²) < 4.78 is 10.8. The van der Waals surface area contributed by atoms with Crippen molar-refractivity contribution < 1.29 is 43.3 Å². The number of imide groups is 2. The summed E-state index contributed by atoms with van der Waals surface area (Å²) >= 11 is 0. The number of rotatable bonds is 12. The van der Waals surface area contributed by atoms with E-state index in [-0.39, 0.29) is 29.7 Å². The molecule has 1 aromatic rings. The third-order valence-corrected chi connectivity index (χ3v) is 5.32. The first-order chi connectivity index (χ1) is 16.8. The predicted molar refractivity (Wildman–Crippen MR) is 118 cm³/mol. The van der Waals surface area contributed by atoms with E-state index >= 15 is 0 Å². The van der Waals surface area contributed by atoms with Crippen molar-refractivity contribution in [3.05, 3.63) is 29.3 Å². The second-order valence-electron chi connectivity index (χ2n) is 7.82. The minimum atomic E-state index is -1.09. The third-order valence-electron chi connectivity index (χ3n) is 5.32. The highest BCUT2D eigenvalue weighted by molar-refractivity contribution is 6.24. The molecular weight excluding hydrogens is 464 g/mol. The van der Waals surface area contributed by atoms with Gasteiger partial charge in [-0.15, -0.1) is 0 Å². The number of fused-ring (bicyclic) bond motifs is 1. The molecule has 1 fully saturated rings. The lowest BCUT2D eigenvalue weighted by atomic mass is 10.0. The summed E-state index contributed by atoms with van der Waals surface area (Å²) in [7, 11) is 0. The Hall–Kier alpha value is -4.00. The van der Waals surface area contributed by atoms with Gasteiger partial charge in [-0.2, -0.15) is 0 Å². The third kappa shape index (κ3) is 6.53. The Labute approximate surface area is 200 Å². The molecule has 0 aliphatic carbocycles. The van der Waals surface area contributed by atoms with Crippen molar-refractivity contribution in [3.8, 4) is 5.75 Å². The fourth-order valence-electron chi connectivity index (χ4n) is 3.67. The summed E-state index contributed by atoms with van der Waals surface area (Å²) in [4.78, 5) is 72.6. The molecule has 0 spiro atoms. The van der Waals surface area contributed by atoms with E-state index < -0.39 is 48.3 Å². The number of hydrogen-bond donors (Lipinski definition) is 4. The second-order valence-corrected chi connectivity index (χ2v) is 7.82. The van der Waals surface area contributed by atoms with Crippen LogP contribution in [0.1, 0.15) is 46.4 Å². The van der Waals surface area contributed by atoms with Gasteiger partial charge in [0.05, 0.1) is 11.1 Å². The van der Waals surface area contributed by atoms with Crippen LogP contribution in [0.2, 0.25) is 0 Å². The molecule has 1 aromatic carbocycles. The van der Waals surface area contributed by atoms with Gasteiger partial charge in [0.15, 0.2) is 6.61 Å². The van der Waals surface area contributed by atoms with Crippen molar-refractivity contribution in [1.82, 2.24) is 20.9 Å². The van der Waals surface area contributed by atoms with Gasteiger partial charge in [0.2, 0.25) is 11.8 Å². The fourth-order valence-corrected chi connectivity index (χ4v) is 3.67. The van der Waals surface area contributed by atoms with E-state index in [1.807, 2.05) is 0 Å². The van der Waals surface area contributed by atoms with Crippen molar-refractivity contribution >= 4 is 35.6 Å². The van der Waals surface area contributed by atoms with E-state index in [1.165, 1.54) is 18.2 Å². The number of benzene rings is 1. The minimum absolute atomic E-state index is 0.0142. The Balaban J connectivity index is 1.45. The Morgan fingerprint density at radius 1 is 1.06 bits per heavy atom. The van der Waals surface area contributed by atoms with Crippen LogP contribution in [0, 0.1) is 0 Å². The summed E-state index contributed by atoms with van der Waals surface area (Å²) in [6.45, 7) is 0.999. The topological polar surface area (TPSA) is 180 Å². The van der Waals surface area contributed by atoms with Gasteiger partial charge < -0.3 is 25.2 Å². The molecule has 0 radical (unpaired) electrons. The molecule has 1 saturated heterocycles. The maximum Gasteiger partial charge on any atom is 0.404 e. The lowest BCUT2D eigenvalue weighted by Gasteiger charge is -2.27. The van der Waals surface area contributed by atoms with Crippen LogP contribution in [0.15, 0.2) is 18.2 Å². The van der Waals surface area contributed by atoms with Crippen LogP contribution in [0.3, 0.4) is 0 Å². The van der Waals surface area contributed by atoms with Crippen molar-refractivity contribution in [2.75, 3.05) is 32.9 Å². The molecule has 2 aliphatic rings. The molecule has 13 nitrogen and oxygen atoms in total. The van der Waals surface area contributed by atoms with Gasteiger partial charge in [-0.3, -0.25) is 34.2 Å². The Bertz CT molecular complexity index is 1030. The molecule has 6 amide bonds. The van der Waals surface area contributed by atoms with Gasteiger partial charge in [-0.05, 0) is 31.4 Å². The van der Waals surface area contributed by atoms with Crippen LogP contribution in [-0.4, -0.2) is 84.6 Å². The highest BCUT2D eigenvalue weighted by Gasteiger charge is 2.46. The van der Waals surface area contributed by atoms with E-state index in [0.29, 0.717) is 39.1 Å². The molecule has 2 aliphatic heterocycles. The molecular formula is C22H26N4O9. The molecule has 13 heteroatoms. The largest absolute Gasteiger partial charge is 0.483 e. The van der Waals surface area contributed by atoms with Gasteiger partial charge in [-0.25, -0.2) is 4.79 Å². The Kier molecular flexibility index (Phi) is 8.73. The summed E-state index contributed by atoms with van der Waals surface area (Å²) in [6, 6.07) is 3.31. The van der Waals surface area contributed by atoms with Gasteiger partial charge >= 0.3 is 6.09 Å². The van der Waals surface area contributed by atoms with Crippen LogP contribution in [0.5, 0.6) is 5.75 Å². The molecule has 4 N–H and O–H groups in total. The smallest absolute Gasteiger partial charge is 0.404 e. The summed E-state index contributed by atoms with van der Waals surface area (Å²) in [5.41, 5.74) is 0.0362. The first-order valence-corrected chi connectivity index (χ1v) is 11.1. The summed E-state index contributed by atoms with van der Waals surface area (Å²) in [6.07, 6.45) is 0.0406. The Morgan fingerprint density at radius 3 is 2.46 bits per heavy atom. The van der Waals surface area contributed by atoms with Crippen LogP contribution < -0.4 is 20.7 Å². The summed E-state index contributed by atoms with van der Waals surface area (Å²) in [5, 5.41) is 15.5. The van der Waals surface area contributed by atoms with E-state index in [9.17, 15) is 28.8 Å². The van der Waals surface area contributed by atoms with Crippen molar-refractivity contribution in [2.45, 2.75) is 31.7 Å². The number of nitrogens with one attached hydrogen (secondary N) is 3. The van der Waals surface area contributed by atoms with Crippen molar-refractivity contribution in [1.29, 1.82) is 0 Å². The molecule has 0 aromatic heterocycles.